The van der Waals surface area contributed by atoms with Gasteiger partial charge in [-0.3, -0.25) is 14.7 Å². The first kappa shape index (κ1) is 19.5. The number of rotatable bonds is 5. The SMILES string of the molecule is CC(=O)NC[C@H]1CC[C@@]2(COCCN(Cc3cccc(-c4cccs4)n3)C2)O1. The average molecular weight is 402 g/mol. The molecule has 1 spiro atoms. The molecule has 0 radical (unpaired) electrons. The van der Waals surface area contributed by atoms with Crippen LogP contribution in [0.15, 0.2) is 35.7 Å². The standard InChI is InChI=1S/C21H27N3O3S/c1-16(25)22-12-18-7-8-21(27-18)14-24(9-10-26-15-21)13-17-4-2-5-19(23-17)20-6-3-11-28-20/h2-6,11,18H,7-10,12-15H2,1H3,(H,22,25)/t18-,21-/m1/s1. The molecule has 28 heavy (non-hydrogen) atoms. The zero-order valence-corrected chi connectivity index (χ0v) is 17.0. The van der Waals surface area contributed by atoms with E-state index < -0.39 is 0 Å². The normalized spacial score (nSPS) is 25.7. The van der Waals surface area contributed by atoms with E-state index in [2.05, 4.69) is 45.9 Å². The number of aromatic nitrogens is 1. The maximum Gasteiger partial charge on any atom is 0.216 e. The summed E-state index contributed by atoms with van der Waals surface area (Å²) in [7, 11) is 0. The van der Waals surface area contributed by atoms with Crippen LogP contribution >= 0.6 is 11.3 Å². The number of pyridine rings is 1. The highest BCUT2D eigenvalue weighted by molar-refractivity contribution is 7.13. The first-order chi connectivity index (χ1) is 13.6. The molecule has 0 saturated carbocycles. The Kier molecular flexibility index (Phi) is 6.06. The van der Waals surface area contributed by atoms with Crippen LogP contribution in [0.3, 0.4) is 0 Å². The van der Waals surface area contributed by atoms with E-state index in [4.69, 9.17) is 14.5 Å². The molecule has 2 fully saturated rings. The summed E-state index contributed by atoms with van der Waals surface area (Å²) in [5.74, 6) is -0.0139. The van der Waals surface area contributed by atoms with Crippen molar-refractivity contribution in [2.24, 2.45) is 0 Å². The van der Waals surface area contributed by atoms with E-state index in [1.54, 1.807) is 18.3 Å². The monoisotopic (exact) mass is 401 g/mol. The maximum absolute atomic E-state index is 11.2. The third-order valence-corrected chi connectivity index (χ3v) is 6.20. The molecule has 1 amide bonds. The molecule has 6 nitrogen and oxygen atoms in total. The summed E-state index contributed by atoms with van der Waals surface area (Å²) in [5, 5.41) is 4.95. The predicted octanol–water partition coefficient (Wildman–Crippen LogP) is 2.70. The Labute approximate surface area is 169 Å². The summed E-state index contributed by atoms with van der Waals surface area (Å²) in [6.45, 7) is 5.90. The van der Waals surface area contributed by atoms with Gasteiger partial charge in [0.15, 0.2) is 0 Å². The number of carbonyl (C=O) groups is 1. The largest absolute Gasteiger partial charge is 0.377 e. The van der Waals surface area contributed by atoms with E-state index in [0.29, 0.717) is 19.8 Å². The molecular formula is C21H27N3O3S. The summed E-state index contributed by atoms with van der Waals surface area (Å²) in [6, 6.07) is 10.4. The third kappa shape index (κ3) is 4.78. The minimum Gasteiger partial charge on any atom is -0.377 e. The fraction of sp³-hybridized carbons (Fsp3) is 0.524. The van der Waals surface area contributed by atoms with Crippen LogP contribution in [0, 0.1) is 0 Å². The number of ether oxygens (including phenoxy) is 2. The highest BCUT2D eigenvalue weighted by Gasteiger charge is 2.43. The van der Waals surface area contributed by atoms with Crippen molar-refractivity contribution in [3.63, 3.8) is 0 Å². The molecule has 2 atom stereocenters. The fourth-order valence-electron chi connectivity index (χ4n) is 4.00. The molecule has 2 aliphatic rings. The van der Waals surface area contributed by atoms with Crippen molar-refractivity contribution in [2.75, 3.05) is 32.8 Å². The van der Waals surface area contributed by atoms with Crippen molar-refractivity contribution in [3.05, 3.63) is 41.4 Å². The summed E-state index contributed by atoms with van der Waals surface area (Å²) in [4.78, 5) is 19.6. The number of carbonyl (C=O) groups excluding carboxylic acids is 1. The molecule has 0 aliphatic carbocycles. The van der Waals surface area contributed by atoms with Gasteiger partial charge in [-0.1, -0.05) is 12.1 Å². The number of nitrogens with one attached hydrogen (secondary N) is 1. The highest BCUT2D eigenvalue weighted by atomic mass is 32.1. The molecule has 2 aliphatic heterocycles. The smallest absolute Gasteiger partial charge is 0.216 e. The van der Waals surface area contributed by atoms with Crippen molar-refractivity contribution >= 4 is 17.2 Å². The van der Waals surface area contributed by atoms with E-state index in [0.717, 1.165) is 43.9 Å². The Bertz CT molecular complexity index is 798. The lowest BCUT2D eigenvalue weighted by molar-refractivity contribution is -0.121. The van der Waals surface area contributed by atoms with Crippen molar-refractivity contribution < 1.29 is 14.3 Å². The number of thiophene rings is 1. The molecule has 2 saturated heterocycles. The molecule has 7 heteroatoms. The lowest BCUT2D eigenvalue weighted by Crippen LogP contribution is -2.45. The number of nitrogens with zero attached hydrogens (tertiary/aromatic N) is 2. The molecule has 1 N–H and O–H groups in total. The molecule has 4 heterocycles. The Morgan fingerprint density at radius 2 is 2.32 bits per heavy atom. The zero-order chi connectivity index (χ0) is 19.4. The van der Waals surface area contributed by atoms with Crippen LogP contribution in [0.2, 0.25) is 0 Å². The summed E-state index contributed by atoms with van der Waals surface area (Å²) in [6.07, 6.45) is 1.97. The van der Waals surface area contributed by atoms with Gasteiger partial charge in [0, 0.05) is 33.1 Å². The first-order valence-corrected chi connectivity index (χ1v) is 10.7. The quantitative estimate of drug-likeness (QED) is 0.835. The topological polar surface area (TPSA) is 63.7 Å². The average Bonchev–Trinajstić information content (AvgIpc) is 3.30. The van der Waals surface area contributed by atoms with E-state index >= 15 is 0 Å². The zero-order valence-electron chi connectivity index (χ0n) is 16.2. The molecule has 0 bridgehead atoms. The molecule has 0 unspecified atom stereocenters. The van der Waals surface area contributed by atoms with Crippen LogP contribution in [0.5, 0.6) is 0 Å². The van der Waals surface area contributed by atoms with E-state index in [9.17, 15) is 4.79 Å². The Morgan fingerprint density at radius 3 is 3.14 bits per heavy atom. The van der Waals surface area contributed by atoms with E-state index in [-0.39, 0.29) is 17.6 Å². The Balaban J connectivity index is 1.41. The predicted molar refractivity (Wildman–Crippen MR) is 109 cm³/mol. The summed E-state index contributed by atoms with van der Waals surface area (Å²) >= 11 is 1.71. The Hall–Kier alpha value is -1.80. The van der Waals surface area contributed by atoms with Gasteiger partial charge >= 0.3 is 0 Å². The van der Waals surface area contributed by atoms with Crippen molar-refractivity contribution in [2.45, 2.75) is 38.0 Å². The van der Waals surface area contributed by atoms with Gasteiger partial charge in [-0.05, 0) is 36.4 Å². The van der Waals surface area contributed by atoms with Gasteiger partial charge in [-0.15, -0.1) is 11.3 Å². The summed E-state index contributed by atoms with van der Waals surface area (Å²) in [5.41, 5.74) is 1.81. The number of hydrogen-bond donors (Lipinski definition) is 1. The van der Waals surface area contributed by atoms with Gasteiger partial charge in [0.05, 0.1) is 35.6 Å². The lowest BCUT2D eigenvalue weighted by atomic mass is 10.00. The molecule has 2 aromatic heterocycles. The second-order valence-corrected chi connectivity index (χ2v) is 8.60. The van der Waals surface area contributed by atoms with Crippen LogP contribution < -0.4 is 5.32 Å². The van der Waals surface area contributed by atoms with Gasteiger partial charge in [0.25, 0.3) is 0 Å². The minimum absolute atomic E-state index is 0.0139. The third-order valence-electron chi connectivity index (χ3n) is 5.31. The second-order valence-electron chi connectivity index (χ2n) is 7.65. The minimum atomic E-state index is -0.287. The van der Waals surface area contributed by atoms with Crippen LogP contribution in [0.1, 0.15) is 25.5 Å². The van der Waals surface area contributed by atoms with Crippen LogP contribution in [-0.4, -0.2) is 60.3 Å². The van der Waals surface area contributed by atoms with Gasteiger partial charge in [0.1, 0.15) is 5.60 Å². The van der Waals surface area contributed by atoms with Gasteiger partial charge < -0.3 is 14.8 Å². The highest BCUT2D eigenvalue weighted by Crippen LogP contribution is 2.33. The molecule has 150 valence electrons. The first-order valence-electron chi connectivity index (χ1n) is 9.84. The van der Waals surface area contributed by atoms with Gasteiger partial charge in [0.2, 0.25) is 5.91 Å². The van der Waals surface area contributed by atoms with Crippen LogP contribution in [0.25, 0.3) is 10.6 Å². The summed E-state index contributed by atoms with van der Waals surface area (Å²) < 4.78 is 12.3. The van der Waals surface area contributed by atoms with Crippen molar-refractivity contribution in [1.82, 2.24) is 15.2 Å². The number of amides is 1. The lowest BCUT2D eigenvalue weighted by Gasteiger charge is -2.32. The van der Waals surface area contributed by atoms with E-state index in [1.807, 2.05) is 0 Å². The van der Waals surface area contributed by atoms with Crippen LogP contribution in [-0.2, 0) is 20.8 Å². The molecule has 2 aromatic rings. The van der Waals surface area contributed by atoms with Gasteiger partial charge in [-0.25, -0.2) is 0 Å². The fourth-order valence-corrected chi connectivity index (χ4v) is 4.69. The van der Waals surface area contributed by atoms with Crippen LogP contribution in [0.4, 0.5) is 0 Å². The Morgan fingerprint density at radius 1 is 1.39 bits per heavy atom. The van der Waals surface area contributed by atoms with Crippen molar-refractivity contribution in [3.8, 4) is 10.6 Å². The molecular weight excluding hydrogens is 374 g/mol. The maximum atomic E-state index is 11.2. The number of hydrogen-bond acceptors (Lipinski definition) is 6. The molecule has 0 aromatic carbocycles. The van der Waals surface area contributed by atoms with Gasteiger partial charge in [-0.2, -0.15) is 0 Å². The van der Waals surface area contributed by atoms with Crippen molar-refractivity contribution in [1.29, 1.82) is 0 Å². The van der Waals surface area contributed by atoms with E-state index in [1.165, 1.54) is 4.88 Å². The second kappa shape index (κ2) is 8.69. The molecule has 4 rings (SSSR count).